The summed E-state index contributed by atoms with van der Waals surface area (Å²) in [6.45, 7) is 0. The molecule has 3 atom stereocenters. The molecule has 23 heavy (non-hydrogen) atoms. The lowest BCUT2D eigenvalue weighted by molar-refractivity contribution is -0.0835. The van der Waals surface area contributed by atoms with Gasteiger partial charge in [0.2, 0.25) is 0 Å². The predicted molar refractivity (Wildman–Crippen MR) is 88.0 cm³/mol. The first-order chi connectivity index (χ1) is 11.2. The van der Waals surface area contributed by atoms with Gasteiger partial charge in [0.25, 0.3) is 0 Å². The Hall–Kier alpha value is -1.37. The third-order valence-electron chi connectivity index (χ3n) is 5.45. The zero-order chi connectivity index (χ0) is 15.8. The van der Waals surface area contributed by atoms with Crippen molar-refractivity contribution < 1.29 is 10.2 Å². The van der Waals surface area contributed by atoms with Crippen LogP contribution in [-0.4, -0.2) is 39.7 Å². The van der Waals surface area contributed by atoms with E-state index in [0.717, 1.165) is 55.5 Å². The fourth-order valence-corrected chi connectivity index (χ4v) is 4.19. The quantitative estimate of drug-likeness (QED) is 0.593. The molecule has 2 heterocycles. The molecule has 2 aliphatic carbocycles. The molecular formula is C17H26N4O2. The summed E-state index contributed by atoms with van der Waals surface area (Å²) in [6.07, 6.45) is 10.2. The Morgan fingerprint density at radius 3 is 2.39 bits per heavy atom. The van der Waals surface area contributed by atoms with Crippen LogP contribution in [0.2, 0.25) is 0 Å². The molecule has 0 radical (unpaired) electrons. The summed E-state index contributed by atoms with van der Waals surface area (Å²) in [6, 6.07) is 0. The average molecular weight is 318 g/mol. The minimum atomic E-state index is -0.714. The molecule has 2 aliphatic heterocycles. The minimum absolute atomic E-state index is 0.343. The van der Waals surface area contributed by atoms with E-state index in [-0.39, 0.29) is 6.29 Å². The van der Waals surface area contributed by atoms with Crippen LogP contribution in [0.1, 0.15) is 57.8 Å². The molecule has 0 aromatic rings. The van der Waals surface area contributed by atoms with E-state index < -0.39 is 12.5 Å². The molecule has 0 amide bonds. The number of amidine groups is 1. The molecule has 0 saturated heterocycles. The van der Waals surface area contributed by atoms with Crippen molar-refractivity contribution in [1.82, 2.24) is 15.6 Å². The average Bonchev–Trinajstić information content (AvgIpc) is 3.12. The molecule has 6 nitrogen and oxygen atoms in total. The van der Waals surface area contributed by atoms with Crippen molar-refractivity contribution in [2.24, 2.45) is 5.10 Å². The molecule has 4 rings (SSSR count). The third kappa shape index (κ3) is 2.79. The lowest BCUT2D eigenvalue weighted by atomic mass is 9.93. The van der Waals surface area contributed by atoms with Gasteiger partial charge in [0.1, 0.15) is 18.3 Å². The molecular weight excluding hydrogens is 292 g/mol. The number of hydrogen-bond donors (Lipinski definition) is 4. The van der Waals surface area contributed by atoms with Crippen LogP contribution in [0.5, 0.6) is 0 Å². The summed E-state index contributed by atoms with van der Waals surface area (Å²) in [5.41, 5.74) is 6.49. The molecule has 4 N–H and O–H groups in total. The number of aliphatic hydroxyl groups is 2. The Bertz CT molecular complexity index is 547. The molecule has 4 aliphatic rings. The second kappa shape index (κ2) is 6.26. The van der Waals surface area contributed by atoms with Gasteiger partial charge in [0.15, 0.2) is 6.29 Å². The van der Waals surface area contributed by atoms with Crippen molar-refractivity contribution in [2.45, 2.75) is 76.5 Å². The summed E-state index contributed by atoms with van der Waals surface area (Å²) in [5, 5.41) is 28.9. The second-order valence-electron chi connectivity index (χ2n) is 6.97. The van der Waals surface area contributed by atoms with Crippen molar-refractivity contribution in [3.05, 3.63) is 22.8 Å². The highest BCUT2D eigenvalue weighted by Crippen LogP contribution is 2.38. The highest BCUT2D eigenvalue weighted by Gasteiger charge is 2.44. The van der Waals surface area contributed by atoms with E-state index in [1.807, 2.05) is 0 Å². The maximum atomic E-state index is 10.6. The van der Waals surface area contributed by atoms with E-state index in [0.29, 0.717) is 0 Å². The molecule has 126 valence electrons. The maximum Gasteiger partial charge on any atom is 0.176 e. The molecule has 0 spiro atoms. The highest BCUT2D eigenvalue weighted by atomic mass is 16.3. The second-order valence-corrected chi connectivity index (χ2v) is 6.97. The first-order valence-corrected chi connectivity index (χ1v) is 8.86. The lowest BCUT2D eigenvalue weighted by Crippen LogP contribution is -2.56. The van der Waals surface area contributed by atoms with Crippen molar-refractivity contribution in [2.75, 3.05) is 0 Å². The number of nitrogens with zero attached hydrogens (tertiary/aromatic N) is 2. The summed E-state index contributed by atoms with van der Waals surface area (Å²) in [5.74, 6) is 0.896. The van der Waals surface area contributed by atoms with Gasteiger partial charge >= 0.3 is 0 Å². The fraction of sp³-hybridized carbons (Fsp3) is 0.706. The summed E-state index contributed by atoms with van der Waals surface area (Å²) in [7, 11) is 0. The number of hydrazone groups is 1. The van der Waals surface area contributed by atoms with Crippen molar-refractivity contribution in [1.29, 1.82) is 0 Å². The number of nitrogens with one attached hydrogen (secondary N) is 2. The Morgan fingerprint density at radius 2 is 1.74 bits per heavy atom. The van der Waals surface area contributed by atoms with Gasteiger partial charge in [-0.3, -0.25) is 5.43 Å². The summed E-state index contributed by atoms with van der Waals surface area (Å²) >= 11 is 0. The molecule has 3 unspecified atom stereocenters. The van der Waals surface area contributed by atoms with Crippen molar-refractivity contribution in [3.63, 3.8) is 0 Å². The first kappa shape index (κ1) is 15.2. The minimum Gasteiger partial charge on any atom is -0.374 e. The van der Waals surface area contributed by atoms with Gasteiger partial charge in [-0.15, -0.1) is 0 Å². The standard InChI is InChI=1S/C17H26N4O2/c22-15-12-8-4-5-9-13(12)16(23)21(15)17-18-14(19-20-17)10-11-6-2-1-3-7-11/h6,15-17,20,22-23H,1-5,7-10H2,(H,18,19). The first-order valence-electron chi connectivity index (χ1n) is 8.86. The Balaban J connectivity index is 1.40. The number of allylic oxidation sites excluding steroid dienone is 1. The van der Waals surface area contributed by atoms with Crippen LogP contribution < -0.4 is 10.7 Å². The molecule has 0 aromatic heterocycles. The lowest BCUT2D eigenvalue weighted by Gasteiger charge is -2.31. The van der Waals surface area contributed by atoms with Gasteiger partial charge in [-0.2, -0.15) is 5.10 Å². The van der Waals surface area contributed by atoms with Crippen LogP contribution in [-0.2, 0) is 0 Å². The van der Waals surface area contributed by atoms with E-state index in [1.54, 1.807) is 4.90 Å². The molecule has 6 heteroatoms. The molecule has 0 bridgehead atoms. The van der Waals surface area contributed by atoms with E-state index in [9.17, 15) is 10.2 Å². The van der Waals surface area contributed by atoms with Gasteiger partial charge < -0.3 is 15.5 Å². The molecule has 0 aromatic carbocycles. The normalized spacial score (nSPS) is 34.6. The van der Waals surface area contributed by atoms with Gasteiger partial charge in [0.05, 0.1) is 0 Å². The zero-order valence-electron chi connectivity index (χ0n) is 13.5. The smallest absolute Gasteiger partial charge is 0.176 e. The Kier molecular flexibility index (Phi) is 4.13. The zero-order valence-corrected chi connectivity index (χ0v) is 13.5. The van der Waals surface area contributed by atoms with E-state index in [1.165, 1.54) is 24.8 Å². The predicted octanol–water partition coefficient (Wildman–Crippen LogP) is 1.49. The fourth-order valence-electron chi connectivity index (χ4n) is 4.19. The number of hydrogen-bond acceptors (Lipinski definition) is 6. The topological polar surface area (TPSA) is 80.1 Å². The van der Waals surface area contributed by atoms with Gasteiger partial charge in [0, 0.05) is 6.42 Å². The van der Waals surface area contributed by atoms with Crippen molar-refractivity contribution in [3.8, 4) is 0 Å². The monoisotopic (exact) mass is 318 g/mol. The van der Waals surface area contributed by atoms with Gasteiger partial charge in [-0.1, -0.05) is 11.6 Å². The Labute approximate surface area is 136 Å². The SMILES string of the molecule is OC1C2=C(CCCC2)C(O)N1C1NN=C(CC2=CCCCC2)N1. The highest BCUT2D eigenvalue weighted by molar-refractivity contribution is 5.85. The van der Waals surface area contributed by atoms with Crippen LogP contribution in [0.15, 0.2) is 27.9 Å². The summed E-state index contributed by atoms with van der Waals surface area (Å²) < 4.78 is 0. The Morgan fingerprint density at radius 1 is 1.04 bits per heavy atom. The van der Waals surface area contributed by atoms with E-state index >= 15 is 0 Å². The number of rotatable bonds is 3. The van der Waals surface area contributed by atoms with Crippen LogP contribution in [0, 0.1) is 0 Å². The van der Waals surface area contributed by atoms with Crippen molar-refractivity contribution >= 4 is 5.84 Å². The van der Waals surface area contributed by atoms with Crippen LogP contribution in [0.25, 0.3) is 0 Å². The van der Waals surface area contributed by atoms with E-state index in [4.69, 9.17) is 0 Å². The van der Waals surface area contributed by atoms with E-state index in [2.05, 4.69) is 21.9 Å². The molecule has 0 saturated carbocycles. The third-order valence-corrected chi connectivity index (χ3v) is 5.45. The van der Waals surface area contributed by atoms with Crippen LogP contribution in [0.3, 0.4) is 0 Å². The molecule has 0 fully saturated rings. The van der Waals surface area contributed by atoms with Gasteiger partial charge in [-0.25, -0.2) is 4.90 Å². The van der Waals surface area contributed by atoms with Crippen LogP contribution in [0.4, 0.5) is 0 Å². The largest absolute Gasteiger partial charge is 0.374 e. The maximum absolute atomic E-state index is 10.6. The van der Waals surface area contributed by atoms with Gasteiger partial charge in [-0.05, 0) is 62.5 Å². The van der Waals surface area contributed by atoms with Crippen LogP contribution >= 0.6 is 0 Å². The number of aliphatic hydroxyl groups excluding tert-OH is 2. The summed E-state index contributed by atoms with van der Waals surface area (Å²) in [4.78, 5) is 1.70.